The molecule has 0 fully saturated rings. The molecule has 0 saturated heterocycles. The van der Waals surface area contributed by atoms with Crippen LogP contribution in [-0.2, 0) is 17.6 Å². The summed E-state index contributed by atoms with van der Waals surface area (Å²) in [5, 5.41) is 17.8. The molecule has 3 N–H and O–H groups in total. The van der Waals surface area contributed by atoms with Gasteiger partial charge in [0.15, 0.2) is 0 Å². The van der Waals surface area contributed by atoms with E-state index in [1.54, 1.807) is 0 Å². The van der Waals surface area contributed by atoms with Crippen LogP contribution in [0, 0.1) is 0 Å². The lowest BCUT2D eigenvalue weighted by molar-refractivity contribution is -0.117. The summed E-state index contributed by atoms with van der Waals surface area (Å²) in [5.41, 5.74) is 4.47. The van der Waals surface area contributed by atoms with Crippen LogP contribution in [-0.4, -0.2) is 36.2 Å². The molecule has 0 radical (unpaired) electrons. The molecule has 2 atom stereocenters. The number of para-hydroxylation sites is 2. The zero-order valence-corrected chi connectivity index (χ0v) is 22.6. The highest BCUT2D eigenvalue weighted by Crippen LogP contribution is 2.37. The second-order valence-electron chi connectivity index (χ2n) is 10.2. The van der Waals surface area contributed by atoms with E-state index in [-0.39, 0.29) is 5.91 Å². The van der Waals surface area contributed by atoms with E-state index in [0.29, 0.717) is 30.0 Å². The molecule has 1 aliphatic rings. The highest BCUT2D eigenvalue weighted by molar-refractivity contribution is 6.25. The summed E-state index contributed by atoms with van der Waals surface area (Å²) in [6.07, 6.45) is 4.76. The summed E-state index contributed by atoms with van der Waals surface area (Å²) in [6, 6.07) is 35.2. The van der Waals surface area contributed by atoms with Crippen molar-refractivity contribution in [3.05, 3.63) is 131 Å². The normalized spacial score (nSPS) is 13.6. The maximum absolute atomic E-state index is 13.8. The quantitative estimate of drug-likeness (QED) is 0.195. The summed E-state index contributed by atoms with van der Waals surface area (Å²) < 4.78 is 6.15. The van der Waals surface area contributed by atoms with Gasteiger partial charge in [0, 0.05) is 17.7 Å². The van der Waals surface area contributed by atoms with Crippen LogP contribution in [0.4, 0.5) is 0 Å². The number of aryl methyl sites for hydroxylation is 1. The monoisotopic (exact) mass is 532 g/mol. The Bertz CT molecular complexity index is 1420. The number of unbranched alkanes of at least 4 members (excludes halogenated alkanes) is 1. The number of hydrogen-bond acceptors (Lipinski definition) is 4. The summed E-state index contributed by atoms with van der Waals surface area (Å²) in [7, 11) is 0. The number of aliphatic hydroxyl groups excluding tert-OH is 1. The molecule has 0 saturated carbocycles. The lowest BCUT2D eigenvalue weighted by Crippen LogP contribution is -2.49. The van der Waals surface area contributed by atoms with E-state index in [1.807, 2.05) is 91.0 Å². The molecule has 5 rings (SSSR count). The summed E-state index contributed by atoms with van der Waals surface area (Å²) in [4.78, 5) is 13.8. The van der Waals surface area contributed by atoms with E-state index >= 15 is 0 Å². The Morgan fingerprint density at radius 2 is 1.40 bits per heavy atom. The lowest BCUT2D eigenvalue weighted by atomic mass is 9.98. The fourth-order valence-corrected chi connectivity index (χ4v) is 5.02. The largest absolute Gasteiger partial charge is 0.456 e. The molecule has 204 valence electrons. The lowest BCUT2D eigenvalue weighted by Gasteiger charge is -2.25. The molecular weight excluding hydrogens is 496 g/mol. The first-order valence-electron chi connectivity index (χ1n) is 14.0. The Kier molecular flexibility index (Phi) is 9.41. The van der Waals surface area contributed by atoms with E-state index in [4.69, 9.17) is 4.74 Å². The van der Waals surface area contributed by atoms with Gasteiger partial charge < -0.3 is 20.5 Å². The number of rotatable bonds is 12. The van der Waals surface area contributed by atoms with Gasteiger partial charge in [-0.05, 0) is 61.6 Å². The fourth-order valence-electron chi connectivity index (χ4n) is 5.02. The second kappa shape index (κ2) is 13.7. The van der Waals surface area contributed by atoms with Gasteiger partial charge in [-0.1, -0.05) is 97.1 Å². The number of hydrogen-bond donors (Lipinski definition) is 3. The first kappa shape index (κ1) is 27.4. The summed E-state index contributed by atoms with van der Waals surface area (Å²) in [5.74, 6) is 1.09. The Balaban J connectivity index is 1.26. The molecule has 0 aromatic heterocycles. The molecule has 1 amide bonds. The van der Waals surface area contributed by atoms with E-state index in [2.05, 4.69) is 34.9 Å². The van der Waals surface area contributed by atoms with Gasteiger partial charge in [0.1, 0.15) is 11.5 Å². The molecule has 0 unspecified atom stereocenters. The van der Waals surface area contributed by atoms with Crippen LogP contribution in [0.2, 0.25) is 0 Å². The molecule has 0 aliphatic carbocycles. The minimum Gasteiger partial charge on any atom is -0.456 e. The van der Waals surface area contributed by atoms with Gasteiger partial charge in [-0.2, -0.15) is 0 Å². The van der Waals surface area contributed by atoms with Gasteiger partial charge in [0.05, 0.1) is 17.7 Å². The second-order valence-corrected chi connectivity index (χ2v) is 10.2. The molecule has 1 heterocycles. The molecular formula is C35H36N2O3. The van der Waals surface area contributed by atoms with Crippen LogP contribution in [0.15, 0.2) is 109 Å². The number of benzene rings is 4. The van der Waals surface area contributed by atoms with Gasteiger partial charge in [0.25, 0.3) is 5.91 Å². The summed E-state index contributed by atoms with van der Waals surface area (Å²) >= 11 is 0. The maximum Gasteiger partial charge on any atom is 0.252 e. The van der Waals surface area contributed by atoms with Crippen molar-refractivity contribution in [1.82, 2.24) is 10.6 Å². The molecule has 4 aromatic rings. The van der Waals surface area contributed by atoms with Crippen molar-refractivity contribution in [3.8, 4) is 11.5 Å². The standard InChI is InChI=1S/C35H36N2O3/c38-32(25-36-22-12-11-15-26-13-3-1-4-14-26)31(23-27-16-5-2-6-17-27)37-35(39)30-24-28-18-7-9-20-33(28)40-34-21-10-8-19-29(30)34/h1-10,13-14,16-21,24,31-32,36,38H,11-12,15,22-23,25H2,(H,37,39)/t31-,32-/m0/s1. The number of carbonyl (C=O) groups excluding carboxylic acids is 1. The first-order chi connectivity index (χ1) is 19.7. The Morgan fingerprint density at radius 3 is 2.17 bits per heavy atom. The van der Waals surface area contributed by atoms with Crippen molar-refractivity contribution >= 4 is 17.6 Å². The zero-order valence-electron chi connectivity index (χ0n) is 22.6. The molecule has 0 spiro atoms. The highest BCUT2D eigenvalue weighted by Gasteiger charge is 2.26. The van der Waals surface area contributed by atoms with Gasteiger partial charge in [-0.25, -0.2) is 0 Å². The van der Waals surface area contributed by atoms with Crippen molar-refractivity contribution in [3.63, 3.8) is 0 Å². The number of amides is 1. The van der Waals surface area contributed by atoms with Gasteiger partial charge in [-0.3, -0.25) is 4.79 Å². The van der Waals surface area contributed by atoms with Gasteiger partial charge >= 0.3 is 0 Å². The van der Waals surface area contributed by atoms with Gasteiger partial charge in [0.2, 0.25) is 0 Å². The van der Waals surface area contributed by atoms with Gasteiger partial charge in [-0.15, -0.1) is 0 Å². The van der Waals surface area contributed by atoms with Crippen LogP contribution < -0.4 is 15.4 Å². The molecule has 5 heteroatoms. The minimum absolute atomic E-state index is 0.240. The number of nitrogens with one attached hydrogen (secondary N) is 2. The third kappa shape index (κ3) is 7.26. The SMILES string of the molecule is O=C(N[C@@H](Cc1ccccc1)[C@@H](O)CNCCCCc1ccccc1)C1=Cc2ccccc2Oc2ccccc21. The average Bonchev–Trinajstić information content (AvgIpc) is 3.16. The van der Waals surface area contributed by atoms with Crippen molar-refractivity contribution in [2.75, 3.05) is 13.1 Å². The van der Waals surface area contributed by atoms with E-state index in [1.165, 1.54) is 5.56 Å². The van der Waals surface area contributed by atoms with Crippen molar-refractivity contribution < 1.29 is 14.6 Å². The number of aliphatic hydroxyl groups is 1. The van der Waals surface area contributed by atoms with E-state index in [9.17, 15) is 9.90 Å². The Hall–Kier alpha value is -4.19. The molecule has 40 heavy (non-hydrogen) atoms. The number of fused-ring (bicyclic) bond motifs is 2. The van der Waals surface area contributed by atoms with E-state index in [0.717, 1.165) is 42.5 Å². The third-order valence-corrected chi connectivity index (χ3v) is 7.21. The third-order valence-electron chi connectivity index (χ3n) is 7.21. The first-order valence-corrected chi connectivity index (χ1v) is 14.0. The van der Waals surface area contributed by atoms with Crippen LogP contribution >= 0.6 is 0 Å². The molecule has 1 aliphatic heterocycles. The van der Waals surface area contributed by atoms with E-state index < -0.39 is 12.1 Å². The van der Waals surface area contributed by atoms with Crippen molar-refractivity contribution in [1.29, 1.82) is 0 Å². The summed E-state index contributed by atoms with van der Waals surface area (Å²) in [6.45, 7) is 1.20. The Morgan fingerprint density at radius 1 is 0.750 bits per heavy atom. The fraction of sp³-hybridized carbons (Fsp3) is 0.229. The van der Waals surface area contributed by atoms with Crippen molar-refractivity contribution in [2.24, 2.45) is 0 Å². The molecule has 0 bridgehead atoms. The maximum atomic E-state index is 13.8. The highest BCUT2D eigenvalue weighted by atomic mass is 16.5. The van der Waals surface area contributed by atoms with Crippen LogP contribution in [0.3, 0.4) is 0 Å². The van der Waals surface area contributed by atoms with Crippen LogP contribution in [0.1, 0.15) is 35.1 Å². The predicted octanol–water partition coefficient (Wildman–Crippen LogP) is 6.03. The Labute approximate surface area is 236 Å². The van der Waals surface area contributed by atoms with Crippen LogP contribution in [0.5, 0.6) is 11.5 Å². The average molecular weight is 533 g/mol. The number of ether oxygens (including phenoxy) is 1. The molecule has 4 aromatic carbocycles. The predicted molar refractivity (Wildman–Crippen MR) is 161 cm³/mol. The smallest absolute Gasteiger partial charge is 0.252 e. The topological polar surface area (TPSA) is 70.6 Å². The minimum atomic E-state index is -0.761. The zero-order chi connectivity index (χ0) is 27.6. The molecule has 5 nitrogen and oxygen atoms in total. The van der Waals surface area contributed by atoms with Crippen molar-refractivity contribution in [2.45, 2.75) is 37.8 Å². The van der Waals surface area contributed by atoms with Crippen LogP contribution in [0.25, 0.3) is 11.6 Å². The number of carbonyl (C=O) groups is 1.